The summed E-state index contributed by atoms with van der Waals surface area (Å²) in [4.78, 5) is 29.6. The lowest BCUT2D eigenvalue weighted by Crippen LogP contribution is -2.32. The van der Waals surface area contributed by atoms with Crippen molar-refractivity contribution >= 4 is 17.5 Å². The fourth-order valence-corrected chi connectivity index (χ4v) is 3.27. The van der Waals surface area contributed by atoms with Crippen molar-refractivity contribution in [1.82, 2.24) is 10.3 Å². The fourth-order valence-electron chi connectivity index (χ4n) is 3.27. The van der Waals surface area contributed by atoms with Gasteiger partial charge in [0, 0.05) is 18.9 Å². The molecule has 3 aromatic rings. The average molecular weight is 432 g/mol. The molecule has 1 aromatic heterocycles. The molecule has 0 bridgehead atoms. The number of hydrogen-bond donors (Lipinski definition) is 2. The minimum Gasteiger partial charge on any atom is -0.481 e. The van der Waals surface area contributed by atoms with Crippen LogP contribution in [-0.4, -0.2) is 22.9 Å². The van der Waals surface area contributed by atoms with Crippen molar-refractivity contribution in [2.75, 3.05) is 5.32 Å². The highest BCUT2D eigenvalue weighted by Crippen LogP contribution is 2.28. The van der Waals surface area contributed by atoms with E-state index >= 15 is 0 Å². The predicted octanol–water partition coefficient (Wildman–Crippen LogP) is 4.85. The summed E-state index contributed by atoms with van der Waals surface area (Å²) >= 11 is 0. The van der Waals surface area contributed by atoms with E-state index in [9.17, 15) is 9.59 Å². The largest absolute Gasteiger partial charge is 0.481 e. The fraction of sp³-hybridized carbons (Fsp3) is 0.269. The van der Waals surface area contributed by atoms with Crippen LogP contribution in [0.15, 0.2) is 67.0 Å². The minimum atomic E-state index is -0.735. The molecule has 0 fully saturated rings. The number of anilines is 1. The number of carbonyl (C=O) groups excluding carboxylic acids is 2. The third-order valence-electron chi connectivity index (χ3n) is 5.07. The Bertz CT molecular complexity index is 1080. The van der Waals surface area contributed by atoms with E-state index in [4.69, 9.17) is 4.74 Å². The quantitative estimate of drug-likeness (QED) is 0.534. The van der Waals surface area contributed by atoms with Gasteiger partial charge >= 0.3 is 0 Å². The average Bonchev–Trinajstić information content (AvgIpc) is 2.78. The molecule has 0 saturated heterocycles. The second kappa shape index (κ2) is 10.6. The third kappa shape index (κ3) is 5.94. The number of ether oxygens (including phenoxy) is 1. The van der Waals surface area contributed by atoms with Crippen molar-refractivity contribution in [2.45, 2.75) is 46.3 Å². The maximum absolute atomic E-state index is 12.9. The number of benzene rings is 2. The molecule has 2 N–H and O–H groups in total. The van der Waals surface area contributed by atoms with E-state index in [1.807, 2.05) is 37.3 Å². The van der Waals surface area contributed by atoms with Crippen LogP contribution in [-0.2, 0) is 11.3 Å². The summed E-state index contributed by atoms with van der Waals surface area (Å²) in [7, 11) is 0. The Morgan fingerprint density at radius 1 is 1.03 bits per heavy atom. The number of nitrogens with zero attached hydrogens (tertiary/aromatic N) is 1. The number of carbonyl (C=O) groups is 2. The second-order valence-electron chi connectivity index (χ2n) is 8.03. The Kier molecular flexibility index (Phi) is 7.60. The number of hydrogen-bond acceptors (Lipinski definition) is 4. The van der Waals surface area contributed by atoms with Gasteiger partial charge in [-0.05, 0) is 60.7 Å². The summed E-state index contributed by atoms with van der Waals surface area (Å²) < 4.78 is 6.01. The molecule has 32 heavy (non-hydrogen) atoms. The van der Waals surface area contributed by atoms with Crippen molar-refractivity contribution in [3.63, 3.8) is 0 Å². The molecular formula is C26H29N3O3. The highest BCUT2D eigenvalue weighted by molar-refractivity contribution is 6.04. The van der Waals surface area contributed by atoms with Crippen LogP contribution in [0.25, 0.3) is 0 Å². The molecule has 1 atom stereocenters. The highest BCUT2D eigenvalue weighted by Gasteiger charge is 2.20. The van der Waals surface area contributed by atoms with E-state index in [0.717, 1.165) is 16.7 Å². The van der Waals surface area contributed by atoms with E-state index in [2.05, 4.69) is 29.5 Å². The molecule has 166 valence electrons. The normalized spacial score (nSPS) is 11.7. The molecule has 2 amide bonds. The van der Waals surface area contributed by atoms with Gasteiger partial charge in [0.15, 0.2) is 6.10 Å². The first-order chi connectivity index (χ1) is 15.3. The van der Waals surface area contributed by atoms with Crippen LogP contribution in [0.2, 0.25) is 0 Å². The second-order valence-corrected chi connectivity index (χ2v) is 8.03. The van der Waals surface area contributed by atoms with Crippen molar-refractivity contribution in [3.05, 3.63) is 89.2 Å². The van der Waals surface area contributed by atoms with Gasteiger partial charge in [0.05, 0.1) is 11.3 Å². The standard InChI is InChI=1S/C26H29N3O3/c1-17(2)21-12-11-18(3)14-24(21)32-19(4)25(30)29-23-10-6-5-9-22(23)26(31)28-16-20-8-7-13-27-15-20/h5-15,17,19H,16H2,1-4H3,(H,28,31)(H,29,30)/t19-/m0/s1. The van der Waals surface area contributed by atoms with Crippen LogP contribution in [0.3, 0.4) is 0 Å². The maximum atomic E-state index is 12.9. The van der Waals surface area contributed by atoms with Gasteiger partial charge in [-0.3, -0.25) is 14.6 Å². The molecule has 0 aliphatic carbocycles. The lowest BCUT2D eigenvalue weighted by Gasteiger charge is -2.20. The van der Waals surface area contributed by atoms with Crippen molar-refractivity contribution in [3.8, 4) is 5.75 Å². The minimum absolute atomic E-state index is 0.269. The lowest BCUT2D eigenvalue weighted by atomic mass is 10.0. The van der Waals surface area contributed by atoms with Gasteiger partial charge in [-0.1, -0.05) is 44.2 Å². The zero-order chi connectivity index (χ0) is 23.1. The van der Waals surface area contributed by atoms with Crippen LogP contribution in [0, 0.1) is 6.92 Å². The number of aromatic nitrogens is 1. The first kappa shape index (κ1) is 23.0. The molecule has 6 heteroatoms. The van der Waals surface area contributed by atoms with Crippen LogP contribution < -0.4 is 15.4 Å². The Labute approximate surface area is 189 Å². The Morgan fingerprint density at radius 2 is 1.81 bits per heavy atom. The first-order valence-corrected chi connectivity index (χ1v) is 10.7. The van der Waals surface area contributed by atoms with E-state index in [0.29, 0.717) is 23.5 Å². The molecule has 1 heterocycles. The molecule has 0 saturated carbocycles. The summed E-state index contributed by atoms with van der Waals surface area (Å²) in [6.07, 6.45) is 2.64. The number of aryl methyl sites for hydroxylation is 1. The molecule has 3 rings (SSSR count). The topological polar surface area (TPSA) is 80.3 Å². The zero-order valence-electron chi connectivity index (χ0n) is 18.9. The number of rotatable bonds is 8. The van der Waals surface area contributed by atoms with Crippen LogP contribution >= 0.6 is 0 Å². The van der Waals surface area contributed by atoms with Gasteiger partial charge in [0.25, 0.3) is 11.8 Å². The molecule has 0 aliphatic heterocycles. The van der Waals surface area contributed by atoms with Crippen LogP contribution in [0.5, 0.6) is 5.75 Å². The smallest absolute Gasteiger partial charge is 0.265 e. The molecule has 2 aromatic carbocycles. The van der Waals surface area contributed by atoms with Crippen LogP contribution in [0.1, 0.15) is 53.7 Å². The first-order valence-electron chi connectivity index (χ1n) is 10.7. The van der Waals surface area contributed by atoms with Crippen molar-refractivity contribution in [1.29, 1.82) is 0 Å². The third-order valence-corrected chi connectivity index (χ3v) is 5.07. The van der Waals surface area contributed by atoms with Crippen LogP contribution in [0.4, 0.5) is 5.69 Å². The van der Waals surface area contributed by atoms with Gasteiger partial charge in [-0.2, -0.15) is 0 Å². The molecule has 6 nitrogen and oxygen atoms in total. The maximum Gasteiger partial charge on any atom is 0.265 e. The van der Waals surface area contributed by atoms with Gasteiger partial charge in [0.1, 0.15) is 5.75 Å². The highest BCUT2D eigenvalue weighted by atomic mass is 16.5. The van der Waals surface area contributed by atoms with Gasteiger partial charge in [-0.15, -0.1) is 0 Å². The Hall–Kier alpha value is -3.67. The van der Waals surface area contributed by atoms with E-state index in [-0.39, 0.29) is 17.7 Å². The predicted molar refractivity (Wildman–Crippen MR) is 126 cm³/mol. The molecule has 0 aliphatic rings. The molecule has 0 spiro atoms. The van der Waals surface area contributed by atoms with E-state index in [1.54, 1.807) is 43.6 Å². The number of para-hydroxylation sites is 1. The van der Waals surface area contributed by atoms with Crippen molar-refractivity contribution in [2.24, 2.45) is 0 Å². The molecular weight excluding hydrogens is 402 g/mol. The van der Waals surface area contributed by atoms with Gasteiger partial charge < -0.3 is 15.4 Å². The lowest BCUT2D eigenvalue weighted by molar-refractivity contribution is -0.122. The molecule has 0 radical (unpaired) electrons. The summed E-state index contributed by atoms with van der Waals surface area (Å²) in [6, 6.07) is 16.6. The summed E-state index contributed by atoms with van der Waals surface area (Å²) in [5.74, 6) is 0.364. The zero-order valence-corrected chi connectivity index (χ0v) is 18.9. The van der Waals surface area contributed by atoms with Gasteiger partial charge in [-0.25, -0.2) is 0 Å². The Morgan fingerprint density at radius 3 is 2.53 bits per heavy atom. The number of amides is 2. The summed E-state index contributed by atoms with van der Waals surface area (Å²) in [5.41, 5.74) is 3.82. The monoisotopic (exact) mass is 431 g/mol. The Balaban J connectivity index is 1.69. The van der Waals surface area contributed by atoms with E-state index < -0.39 is 6.10 Å². The number of nitrogens with one attached hydrogen (secondary N) is 2. The van der Waals surface area contributed by atoms with E-state index in [1.165, 1.54) is 0 Å². The van der Waals surface area contributed by atoms with Gasteiger partial charge in [0.2, 0.25) is 0 Å². The number of pyridine rings is 1. The summed E-state index contributed by atoms with van der Waals surface area (Å²) in [5, 5.41) is 5.70. The summed E-state index contributed by atoms with van der Waals surface area (Å²) in [6.45, 7) is 8.21. The van der Waals surface area contributed by atoms with Crippen molar-refractivity contribution < 1.29 is 14.3 Å². The SMILES string of the molecule is Cc1ccc(C(C)C)c(O[C@@H](C)C(=O)Nc2ccccc2C(=O)NCc2cccnc2)c1. The molecule has 0 unspecified atom stereocenters.